The Balaban J connectivity index is 1.37. The van der Waals surface area contributed by atoms with E-state index in [4.69, 9.17) is 0 Å². The van der Waals surface area contributed by atoms with E-state index in [-0.39, 0.29) is 17.4 Å². The summed E-state index contributed by atoms with van der Waals surface area (Å²) in [4.78, 5) is 30.0. The lowest BCUT2D eigenvalue weighted by Gasteiger charge is -2.34. The molecule has 0 saturated carbocycles. The molecule has 2 aromatic carbocycles. The minimum absolute atomic E-state index is 0.0969. The van der Waals surface area contributed by atoms with Crippen LogP contribution >= 0.6 is 0 Å². The third-order valence-corrected chi connectivity index (χ3v) is 8.09. The number of anilines is 2. The zero-order valence-electron chi connectivity index (χ0n) is 26.5. The normalized spacial score (nSPS) is 15.8. The van der Waals surface area contributed by atoms with Crippen molar-refractivity contribution in [3.05, 3.63) is 76.5 Å². The number of piperidine rings is 1. The van der Waals surface area contributed by atoms with Crippen LogP contribution in [0.2, 0.25) is 0 Å². The molecule has 8 nitrogen and oxygen atoms in total. The van der Waals surface area contributed by atoms with Gasteiger partial charge in [0, 0.05) is 43.7 Å². The number of urea groups is 1. The van der Waals surface area contributed by atoms with Gasteiger partial charge in [-0.2, -0.15) is 5.10 Å². The molecule has 1 atom stereocenters. The third-order valence-electron chi connectivity index (χ3n) is 8.09. The predicted octanol–water partition coefficient (Wildman–Crippen LogP) is 5.83. The first-order chi connectivity index (χ1) is 19.9. The largest absolute Gasteiger partial charge is 0.334 e. The van der Waals surface area contributed by atoms with Gasteiger partial charge < -0.3 is 15.1 Å². The van der Waals surface area contributed by atoms with Crippen LogP contribution in [0.4, 0.5) is 16.3 Å². The molecule has 1 unspecified atom stereocenters. The molecule has 1 aliphatic heterocycles. The van der Waals surface area contributed by atoms with Crippen molar-refractivity contribution in [3.63, 3.8) is 0 Å². The van der Waals surface area contributed by atoms with Gasteiger partial charge >= 0.3 is 6.03 Å². The van der Waals surface area contributed by atoms with E-state index in [0.717, 1.165) is 54.7 Å². The van der Waals surface area contributed by atoms with Crippen LogP contribution in [0.25, 0.3) is 0 Å². The Labute approximate surface area is 251 Å². The lowest BCUT2D eigenvalue weighted by molar-refractivity contribution is -0.120. The highest BCUT2D eigenvalue weighted by Gasteiger charge is 2.28. The smallest absolute Gasteiger partial charge is 0.320 e. The summed E-state index contributed by atoms with van der Waals surface area (Å²) in [6.07, 6.45) is 4.45. The number of amides is 3. The second-order valence-corrected chi connectivity index (χ2v) is 13.0. The van der Waals surface area contributed by atoms with Crippen molar-refractivity contribution >= 4 is 23.4 Å². The number of nitrogens with one attached hydrogen (secondary N) is 2. The number of rotatable bonds is 10. The topological polar surface area (TPSA) is 82.5 Å². The fourth-order valence-corrected chi connectivity index (χ4v) is 5.62. The van der Waals surface area contributed by atoms with Gasteiger partial charge in [-0.1, -0.05) is 57.2 Å². The van der Waals surface area contributed by atoms with Crippen molar-refractivity contribution in [1.29, 1.82) is 0 Å². The Bertz CT molecular complexity index is 1390. The average Bonchev–Trinajstić information content (AvgIpc) is 3.30. The number of hydrogen-bond acceptors (Lipinski definition) is 4. The van der Waals surface area contributed by atoms with Crippen LogP contribution in [0.5, 0.6) is 0 Å². The lowest BCUT2D eigenvalue weighted by Crippen LogP contribution is -2.41. The number of aryl methyl sites for hydroxylation is 3. The maximum atomic E-state index is 13.0. The SMILES string of the molecule is Cc1cc(CCCN(C)C)ccc1N1CC(Cc2ccccc2CNC(=O)Nc2cc(C(C)(C)C)nn2C)CCC1=O. The summed E-state index contributed by atoms with van der Waals surface area (Å²) in [6.45, 7) is 10.6. The van der Waals surface area contributed by atoms with E-state index < -0.39 is 0 Å². The number of hydrogen-bond donors (Lipinski definition) is 2. The second kappa shape index (κ2) is 13.6. The molecule has 226 valence electrons. The van der Waals surface area contributed by atoms with Crippen LogP contribution in [-0.4, -0.2) is 53.8 Å². The summed E-state index contributed by atoms with van der Waals surface area (Å²) in [7, 11) is 6.04. The van der Waals surface area contributed by atoms with Gasteiger partial charge in [-0.05, 0) is 87.5 Å². The maximum absolute atomic E-state index is 13.0. The van der Waals surface area contributed by atoms with Crippen LogP contribution < -0.4 is 15.5 Å². The monoisotopic (exact) mass is 572 g/mol. The zero-order chi connectivity index (χ0) is 30.4. The fourth-order valence-electron chi connectivity index (χ4n) is 5.62. The fraction of sp³-hybridized carbons (Fsp3) is 0.500. The summed E-state index contributed by atoms with van der Waals surface area (Å²) in [5, 5.41) is 10.5. The molecule has 3 amide bonds. The quantitative estimate of drug-likeness (QED) is 0.320. The molecule has 2 N–H and O–H groups in total. The van der Waals surface area contributed by atoms with Crippen LogP contribution in [0.3, 0.4) is 0 Å². The molecule has 2 heterocycles. The van der Waals surface area contributed by atoms with E-state index in [0.29, 0.717) is 31.2 Å². The molecular formula is C34H48N6O2. The molecule has 3 aromatic rings. The second-order valence-electron chi connectivity index (χ2n) is 13.0. The van der Waals surface area contributed by atoms with Crippen molar-refractivity contribution in [1.82, 2.24) is 20.0 Å². The minimum atomic E-state index is -0.261. The molecule has 1 aliphatic rings. The molecule has 0 bridgehead atoms. The number of carbonyl (C=O) groups is 2. The van der Waals surface area contributed by atoms with Gasteiger partial charge in [0.15, 0.2) is 0 Å². The predicted molar refractivity (Wildman–Crippen MR) is 171 cm³/mol. The Kier molecular flexibility index (Phi) is 10.1. The van der Waals surface area contributed by atoms with Crippen molar-refractivity contribution in [2.24, 2.45) is 13.0 Å². The van der Waals surface area contributed by atoms with Gasteiger partial charge in [0.25, 0.3) is 0 Å². The van der Waals surface area contributed by atoms with Gasteiger partial charge in [-0.25, -0.2) is 4.79 Å². The van der Waals surface area contributed by atoms with Crippen molar-refractivity contribution in [3.8, 4) is 0 Å². The van der Waals surface area contributed by atoms with E-state index >= 15 is 0 Å². The number of nitrogens with zero attached hydrogens (tertiary/aromatic N) is 4. The van der Waals surface area contributed by atoms with E-state index in [9.17, 15) is 9.59 Å². The molecule has 1 saturated heterocycles. The van der Waals surface area contributed by atoms with Crippen LogP contribution in [0.1, 0.15) is 68.0 Å². The molecule has 1 fully saturated rings. The molecule has 0 radical (unpaired) electrons. The Morgan fingerprint density at radius 1 is 1.10 bits per heavy atom. The number of carbonyl (C=O) groups excluding carboxylic acids is 2. The third kappa shape index (κ3) is 8.22. The van der Waals surface area contributed by atoms with Gasteiger partial charge in [0.05, 0.1) is 5.69 Å². The van der Waals surface area contributed by atoms with E-state index in [2.05, 4.69) is 92.8 Å². The summed E-state index contributed by atoms with van der Waals surface area (Å²) < 4.78 is 1.70. The van der Waals surface area contributed by atoms with Crippen LogP contribution in [0.15, 0.2) is 48.5 Å². The van der Waals surface area contributed by atoms with Gasteiger partial charge in [0.2, 0.25) is 5.91 Å². The average molecular weight is 573 g/mol. The standard InChI is InChI=1S/C34H48N6O2/c1-24-19-25(11-10-18-38(5)6)14-16-29(24)40-23-26(15-17-32(40)41)20-27-12-8-9-13-28(27)22-35-33(42)36-31-21-30(34(2,3)4)37-39(31)7/h8-9,12-14,16,19,21,26H,10-11,15,17-18,20,22-23H2,1-7H3,(H2,35,36,42). The maximum Gasteiger partial charge on any atom is 0.320 e. The highest BCUT2D eigenvalue weighted by molar-refractivity contribution is 5.95. The van der Waals surface area contributed by atoms with Crippen LogP contribution in [-0.2, 0) is 36.6 Å². The molecule has 42 heavy (non-hydrogen) atoms. The highest BCUT2D eigenvalue weighted by atomic mass is 16.2. The summed E-state index contributed by atoms with van der Waals surface area (Å²) in [6, 6.07) is 16.5. The summed E-state index contributed by atoms with van der Waals surface area (Å²) >= 11 is 0. The first kappa shape index (κ1) is 31.3. The molecule has 8 heteroatoms. The van der Waals surface area contributed by atoms with E-state index in [1.807, 2.05) is 30.1 Å². The minimum Gasteiger partial charge on any atom is -0.334 e. The van der Waals surface area contributed by atoms with Gasteiger partial charge in [-0.15, -0.1) is 0 Å². The van der Waals surface area contributed by atoms with Crippen molar-refractivity contribution in [2.45, 2.75) is 71.8 Å². The lowest BCUT2D eigenvalue weighted by atomic mass is 9.88. The van der Waals surface area contributed by atoms with Gasteiger partial charge in [-0.3, -0.25) is 14.8 Å². The molecule has 0 spiro atoms. The Morgan fingerprint density at radius 2 is 1.83 bits per heavy atom. The Hall–Kier alpha value is -3.65. The van der Waals surface area contributed by atoms with Crippen LogP contribution in [0, 0.1) is 12.8 Å². The molecule has 1 aromatic heterocycles. The van der Waals surface area contributed by atoms with E-state index in [1.54, 1.807) is 4.68 Å². The number of benzene rings is 2. The van der Waals surface area contributed by atoms with Crippen molar-refractivity contribution in [2.75, 3.05) is 37.4 Å². The van der Waals surface area contributed by atoms with Crippen molar-refractivity contribution < 1.29 is 9.59 Å². The number of aromatic nitrogens is 2. The van der Waals surface area contributed by atoms with Gasteiger partial charge in [0.1, 0.15) is 5.82 Å². The first-order valence-corrected chi connectivity index (χ1v) is 15.1. The molecule has 4 rings (SSSR count). The Morgan fingerprint density at radius 3 is 2.50 bits per heavy atom. The van der Waals surface area contributed by atoms with E-state index in [1.165, 1.54) is 11.1 Å². The summed E-state index contributed by atoms with van der Waals surface area (Å²) in [5.41, 5.74) is 6.64. The zero-order valence-corrected chi connectivity index (χ0v) is 26.5. The molecule has 0 aliphatic carbocycles. The summed E-state index contributed by atoms with van der Waals surface area (Å²) in [5.74, 6) is 1.21. The first-order valence-electron chi connectivity index (χ1n) is 15.1. The molecular weight excluding hydrogens is 524 g/mol. The highest BCUT2D eigenvalue weighted by Crippen LogP contribution is 2.30.